The highest BCUT2D eigenvalue weighted by molar-refractivity contribution is 5.94. The van der Waals surface area contributed by atoms with Crippen molar-refractivity contribution in [2.24, 2.45) is 5.92 Å². The predicted molar refractivity (Wildman–Crippen MR) is 112 cm³/mol. The monoisotopic (exact) mass is 385 g/mol. The van der Waals surface area contributed by atoms with E-state index in [0.717, 1.165) is 31.5 Å². The number of benzene rings is 1. The van der Waals surface area contributed by atoms with Crippen LogP contribution in [0.2, 0.25) is 0 Å². The maximum atomic E-state index is 12.9. The van der Waals surface area contributed by atoms with Crippen LogP contribution in [0.4, 0.5) is 0 Å². The third kappa shape index (κ3) is 4.57. The molecule has 154 valence electrons. The van der Waals surface area contributed by atoms with Gasteiger partial charge in [-0.15, -0.1) is 0 Å². The number of hydrogen-bond acceptors (Lipinski definition) is 3. The summed E-state index contributed by atoms with van der Waals surface area (Å²) in [5.74, 6) is 0.675. The zero-order valence-electron chi connectivity index (χ0n) is 17.8. The Labute approximate surface area is 169 Å². The van der Waals surface area contributed by atoms with E-state index in [1.165, 1.54) is 18.4 Å². The van der Waals surface area contributed by atoms with Gasteiger partial charge in [-0.2, -0.15) is 0 Å². The summed E-state index contributed by atoms with van der Waals surface area (Å²) in [6, 6.07) is 7.97. The average Bonchev–Trinajstić information content (AvgIpc) is 3.21. The summed E-state index contributed by atoms with van der Waals surface area (Å²) in [6.07, 6.45) is 4.72. The largest absolute Gasteiger partial charge is 0.358 e. The van der Waals surface area contributed by atoms with Crippen molar-refractivity contribution in [3.63, 3.8) is 0 Å². The second kappa shape index (κ2) is 8.64. The summed E-state index contributed by atoms with van der Waals surface area (Å²) < 4.78 is 0. The van der Waals surface area contributed by atoms with Gasteiger partial charge >= 0.3 is 0 Å². The Bertz CT molecular complexity index is 679. The van der Waals surface area contributed by atoms with Gasteiger partial charge in [0.15, 0.2) is 0 Å². The van der Waals surface area contributed by atoms with Crippen molar-refractivity contribution in [1.29, 1.82) is 0 Å². The van der Waals surface area contributed by atoms with Crippen molar-refractivity contribution in [2.75, 3.05) is 33.2 Å². The summed E-state index contributed by atoms with van der Waals surface area (Å²) in [7, 11) is 1.73. The van der Waals surface area contributed by atoms with Gasteiger partial charge in [0.25, 0.3) is 5.91 Å². The zero-order chi connectivity index (χ0) is 20.3. The molecule has 1 saturated carbocycles. The molecule has 1 N–H and O–H groups in total. The summed E-state index contributed by atoms with van der Waals surface area (Å²) in [5, 5.41) is 2.86. The molecule has 2 aliphatic rings. The molecule has 2 fully saturated rings. The lowest BCUT2D eigenvalue weighted by Gasteiger charge is -2.40. The number of hydrogen-bond donors (Lipinski definition) is 1. The number of carbonyl (C=O) groups is 2. The highest BCUT2D eigenvalue weighted by Crippen LogP contribution is 2.31. The first-order valence-electron chi connectivity index (χ1n) is 10.7. The third-order valence-electron chi connectivity index (χ3n) is 6.35. The molecule has 1 unspecified atom stereocenters. The lowest BCUT2D eigenvalue weighted by atomic mass is 9.86. The van der Waals surface area contributed by atoms with Crippen molar-refractivity contribution >= 4 is 11.8 Å². The number of carbonyl (C=O) groups excluding carboxylic acids is 2. The quantitative estimate of drug-likeness (QED) is 0.867. The Morgan fingerprint density at radius 2 is 1.57 bits per heavy atom. The minimum absolute atomic E-state index is 0.0455. The van der Waals surface area contributed by atoms with Gasteiger partial charge in [-0.1, -0.05) is 45.7 Å². The van der Waals surface area contributed by atoms with Crippen molar-refractivity contribution in [3.05, 3.63) is 35.4 Å². The minimum atomic E-state index is -0.0455. The van der Waals surface area contributed by atoms with E-state index in [2.05, 4.69) is 43.1 Å². The van der Waals surface area contributed by atoms with Crippen LogP contribution in [-0.2, 0) is 10.2 Å². The van der Waals surface area contributed by atoms with Gasteiger partial charge in [0, 0.05) is 38.8 Å². The van der Waals surface area contributed by atoms with Crippen LogP contribution < -0.4 is 5.32 Å². The van der Waals surface area contributed by atoms with E-state index in [0.29, 0.717) is 19.0 Å². The van der Waals surface area contributed by atoms with E-state index < -0.39 is 0 Å². The molecule has 1 heterocycles. The summed E-state index contributed by atoms with van der Waals surface area (Å²) in [5.41, 5.74) is 2.07. The van der Waals surface area contributed by atoms with Crippen LogP contribution in [0.15, 0.2) is 24.3 Å². The molecule has 1 aliphatic heterocycles. The molecule has 1 aliphatic carbocycles. The lowest BCUT2D eigenvalue weighted by molar-refractivity contribution is -0.128. The van der Waals surface area contributed by atoms with Crippen LogP contribution in [0.3, 0.4) is 0 Å². The lowest BCUT2D eigenvalue weighted by Crippen LogP contribution is -2.57. The normalized spacial score (nSPS) is 20.2. The van der Waals surface area contributed by atoms with Crippen molar-refractivity contribution < 1.29 is 9.59 Å². The van der Waals surface area contributed by atoms with E-state index in [-0.39, 0.29) is 23.3 Å². The van der Waals surface area contributed by atoms with Crippen molar-refractivity contribution in [2.45, 2.75) is 57.9 Å². The number of nitrogens with zero attached hydrogens (tertiary/aromatic N) is 2. The molecule has 3 rings (SSSR count). The topological polar surface area (TPSA) is 52.7 Å². The first-order valence-corrected chi connectivity index (χ1v) is 10.7. The number of nitrogens with one attached hydrogen (secondary N) is 1. The summed E-state index contributed by atoms with van der Waals surface area (Å²) in [6.45, 7) is 9.42. The van der Waals surface area contributed by atoms with Crippen molar-refractivity contribution in [1.82, 2.24) is 15.1 Å². The predicted octanol–water partition coefficient (Wildman–Crippen LogP) is 3.05. The Morgan fingerprint density at radius 3 is 2.07 bits per heavy atom. The third-order valence-corrected chi connectivity index (χ3v) is 6.35. The number of likely N-dealkylation sites (N-methyl/N-ethyl adjacent to an activating group) is 1. The van der Waals surface area contributed by atoms with Gasteiger partial charge < -0.3 is 10.2 Å². The van der Waals surface area contributed by atoms with Gasteiger partial charge in [-0.05, 0) is 41.9 Å². The molecule has 5 nitrogen and oxygen atoms in total. The molecule has 1 aromatic carbocycles. The molecule has 0 spiro atoms. The van der Waals surface area contributed by atoms with Crippen LogP contribution in [-0.4, -0.2) is 60.9 Å². The van der Waals surface area contributed by atoms with Gasteiger partial charge in [0.05, 0.1) is 6.04 Å². The number of piperazine rings is 1. The highest BCUT2D eigenvalue weighted by Gasteiger charge is 2.36. The first-order chi connectivity index (χ1) is 13.3. The van der Waals surface area contributed by atoms with Gasteiger partial charge in [-0.3, -0.25) is 14.5 Å². The fraction of sp³-hybridized carbons (Fsp3) is 0.652. The molecule has 0 radical (unpaired) electrons. The van der Waals surface area contributed by atoms with Crippen LogP contribution in [0, 0.1) is 5.92 Å². The van der Waals surface area contributed by atoms with Crippen LogP contribution in [0.1, 0.15) is 62.4 Å². The molecular weight excluding hydrogens is 350 g/mol. The van der Waals surface area contributed by atoms with E-state index in [4.69, 9.17) is 0 Å². The van der Waals surface area contributed by atoms with Gasteiger partial charge in [0.2, 0.25) is 5.91 Å². The average molecular weight is 386 g/mol. The first kappa shape index (κ1) is 20.8. The molecule has 5 heteroatoms. The zero-order valence-corrected chi connectivity index (χ0v) is 17.8. The fourth-order valence-corrected chi connectivity index (χ4v) is 4.60. The molecule has 1 atom stereocenters. The van der Waals surface area contributed by atoms with Gasteiger partial charge in [-0.25, -0.2) is 0 Å². The summed E-state index contributed by atoms with van der Waals surface area (Å²) >= 11 is 0. The van der Waals surface area contributed by atoms with E-state index in [9.17, 15) is 9.59 Å². The fourth-order valence-electron chi connectivity index (χ4n) is 4.60. The molecule has 2 amide bonds. The molecule has 1 saturated heterocycles. The molecule has 1 aromatic rings. The minimum Gasteiger partial charge on any atom is -0.358 e. The molecule has 28 heavy (non-hydrogen) atoms. The standard InChI is InChI=1S/C23H35N3O2/c1-23(2,3)19-11-9-18(10-12-19)22(28)26-15-13-25(14-16-26)20(21(27)24-4)17-7-5-6-8-17/h9-12,17,20H,5-8,13-16H2,1-4H3,(H,24,27). The second-order valence-corrected chi connectivity index (χ2v) is 9.26. The Hall–Kier alpha value is -1.88. The second-order valence-electron chi connectivity index (χ2n) is 9.26. The van der Waals surface area contributed by atoms with Crippen LogP contribution >= 0.6 is 0 Å². The maximum absolute atomic E-state index is 12.9. The number of amides is 2. The van der Waals surface area contributed by atoms with Gasteiger partial charge in [0.1, 0.15) is 0 Å². The number of rotatable bonds is 4. The van der Waals surface area contributed by atoms with Crippen LogP contribution in [0.25, 0.3) is 0 Å². The molecule has 0 bridgehead atoms. The van der Waals surface area contributed by atoms with E-state index >= 15 is 0 Å². The summed E-state index contributed by atoms with van der Waals surface area (Å²) in [4.78, 5) is 29.6. The van der Waals surface area contributed by atoms with E-state index in [1.54, 1.807) is 7.05 Å². The van der Waals surface area contributed by atoms with E-state index in [1.807, 2.05) is 17.0 Å². The Kier molecular flexibility index (Phi) is 6.43. The molecule has 0 aromatic heterocycles. The maximum Gasteiger partial charge on any atom is 0.253 e. The van der Waals surface area contributed by atoms with Crippen molar-refractivity contribution in [3.8, 4) is 0 Å². The highest BCUT2D eigenvalue weighted by atomic mass is 16.2. The SMILES string of the molecule is CNC(=O)C(C1CCCC1)N1CCN(C(=O)c2ccc(C(C)(C)C)cc2)CC1. The smallest absolute Gasteiger partial charge is 0.253 e. The van der Waals surface area contributed by atoms with Crippen LogP contribution in [0.5, 0.6) is 0 Å². The molecular formula is C23H35N3O2. The Balaban J connectivity index is 1.62. The Morgan fingerprint density at radius 1 is 1.00 bits per heavy atom.